The van der Waals surface area contributed by atoms with Gasteiger partial charge in [-0.1, -0.05) is 12.1 Å². The van der Waals surface area contributed by atoms with Gasteiger partial charge in [0, 0.05) is 0 Å². The van der Waals surface area contributed by atoms with Gasteiger partial charge in [0.15, 0.2) is 11.9 Å². The van der Waals surface area contributed by atoms with Crippen molar-refractivity contribution >= 4 is 17.7 Å². The normalized spacial score (nSPS) is 18.2. The molecular weight excluding hydrogens is 328 g/mol. The molecule has 0 N–H and O–H groups in total. The lowest BCUT2D eigenvalue weighted by Crippen LogP contribution is -2.39. The Kier molecular flexibility index (Phi) is 4.56. The van der Waals surface area contributed by atoms with Crippen LogP contribution >= 0.6 is 0 Å². The summed E-state index contributed by atoms with van der Waals surface area (Å²) in [4.78, 5) is 37.2. The Morgan fingerprint density at radius 3 is 2.48 bits per heavy atom. The standard InChI is InChI=1S/C18H16O7/c1-3-22-17(20)13-15-11(9-24-16(13)18(21)23-4-2)14(19)10-7-5-6-8-12(10)25-15/h5-9,15H,3-4H2,1-2H3. The number of ketones is 1. The molecule has 1 atom stereocenters. The fraction of sp³-hybridized carbons (Fsp3) is 0.278. The van der Waals surface area contributed by atoms with E-state index >= 15 is 0 Å². The Balaban J connectivity index is 2.08. The molecule has 130 valence electrons. The van der Waals surface area contributed by atoms with Crippen molar-refractivity contribution < 1.29 is 33.3 Å². The van der Waals surface area contributed by atoms with Crippen LogP contribution in [0.25, 0.3) is 0 Å². The molecule has 0 amide bonds. The molecule has 0 radical (unpaired) electrons. The van der Waals surface area contributed by atoms with E-state index in [1.807, 2.05) is 0 Å². The lowest BCUT2D eigenvalue weighted by atomic mass is 9.90. The molecule has 1 unspecified atom stereocenters. The van der Waals surface area contributed by atoms with Crippen LogP contribution in [0.4, 0.5) is 0 Å². The molecule has 0 fully saturated rings. The highest BCUT2D eigenvalue weighted by molar-refractivity contribution is 6.14. The molecule has 2 aliphatic heterocycles. The highest BCUT2D eigenvalue weighted by Crippen LogP contribution is 2.37. The molecule has 0 aliphatic carbocycles. The summed E-state index contributed by atoms with van der Waals surface area (Å²) in [7, 11) is 0. The van der Waals surface area contributed by atoms with E-state index in [1.54, 1.807) is 38.1 Å². The number of esters is 2. The summed E-state index contributed by atoms with van der Waals surface area (Å²) in [5, 5.41) is 0. The van der Waals surface area contributed by atoms with Crippen LogP contribution in [0.3, 0.4) is 0 Å². The molecule has 2 aliphatic rings. The van der Waals surface area contributed by atoms with Gasteiger partial charge in [0.25, 0.3) is 0 Å². The van der Waals surface area contributed by atoms with Crippen LogP contribution in [0.2, 0.25) is 0 Å². The highest BCUT2D eigenvalue weighted by atomic mass is 16.6. The molecule has 0 spiro atoms. The van der Waals surface area contributed by atoms with Crippen molar-refractivity contribution in [1.29, 1.82) is 0 Å². The van der Waals surface area contributed by atoms with Gasteiger partial charge in [-0.3, -0.25) is 4.79 Å². The second-order valence-corrected chi connectivity index (χ2v) is 5.20. The maximum Gasteiger partial charge on any atom is 0.374 e. The second kappa shape index (κ2) is 6.80. The van der Waals surface area contributed by atoms with Crippen LogP contribution in [0.15, 0.2) is 47.4 Å². The lowest BCUT2D eigenvalue weighted by Gasteiger charge is -2.31. The first-order valence-corrected chi connectivity index (χ1v) is 7.84. The van der Waals surface area contributed by atoms with Gasteiger partial charge in [-0.25, -0.2) is 9.59 Å². The van der Waals surface area contributed by atoms with Crippen molar-refractivity contribution in [2.45, 2.75) is 20.0 Å². The van der Waals surface area contributed by atoms with E-state index in [4.69, 9.17) is 18.9 Å². The van der Waals surface area contributed by atoms with Gasteiger partial charge in [0.1, 0.15) is 17.6 Å². The van der Waals surface area contributed by atoms with E-state index in [9.17, 15) is 14.4 Å². The zero-order valence-corrected chi connectivity index (χ0v) is 13.7. The Morgan fingerprint density at radius 1 is 1.08 bits per heavy atom. The van der Waals surface area contributed by atoms with Crippen molar-refractivity contribution in [3.05, 3.63) is 53.0 Å². The molecule has 3 rings (SSSR count). The molecule has 0 saturated carbocycles. The minimum absolute atomic E-state index is 0.0920. The van der Waals surface area contributed by atoms with Crippen molar-refractivity contribution in [2.75, 3.05) is 13.2 Å². The third-order valence-corrected chi connectivity index (χ3v) is 3.69. The Bertz CT molecular complexity index is 803. The largest absolute Gasteiger partial charge is 0.480 e. The molecule has 0 bridgehead atoms. The van der Waals surface area contributed by atoms with Crippen molar-refractivity contribution in [1.82, 2.24) is 0 Å². The van der Waals surface area contributed by atoms with Gasteiger partial charge in [-0.15, -0.1) is 0 Å². The van der Waals surface area contributed by atoms with Gasteiger partial charge in [0.05, 0.1) is 24.4 Å². The number of benzene rings is 1. The number of hydrogen-bond acceptors (Lipinski definition) is 7. The van der Waals surface area contributed by atoms with Crippen LogP contribution in [-0.4, -0.2) is 37.0 Å². The molecule has 1 aromatic carbocycles. The van der Waals surface area contributed by atoms with E-state index in [0.29, 0.717) is 11.3 Å². The Labute approximate surface area is 143 Å². The van der Waals surface area contributed by atoms with Gasteiger partial charge in [0.2, 0.25) is 5.76 Å². The fourth-order valence-electron chi connectivity index (χ4n) is 2.62. The van der Waals surface area contributed by atoms with Crippen molar-refractivity contribution in [3.8, 4) is 5.75 Å². The van der Waals surface area contributed by atoms with Crippen LogP contribution in [0, 0.1) is 0 Å². The summed E-state index contributed by atoms with van der Waals surface area (Å²) >= 11 is 0. The third kappa shape index (κ3) is 2.88. The van der Waals surface area contributed by atoms with E-state index in [0.717, 1.165) is 6.26 Å². The molecule has 0 saturated heterocycles. The number of fused-ring (bicyclic) bond motifs is 2. The predicted molar refractivity (Wildman–Crippen MR) is 84.6 cm³/mol. The SMILES string of the molecule is CCOC(=O)C1=C(C(=O)OCC)C2Oc3ccccc3C(=O)C2=CO1. The predicted octanol–water partition coefficient (Wildman–Crippen LogP) is 1.92. The van der Waals surface area contributed by atoms with E-state index in [1.165, 1.54) is 0 Å². The monoisotopic (exact) mass is 344 g/mol. The number of carbonyl (C=O) groups is 3. The fourth-order valence-corrected chi connectivity index (χ4v) is 2.62. The Hall–Kier alpha value is -3.09. The summed E-state index contributed by atoms with van der Waals surface area (Å²) in [5.74, 6) is -1.97. The summed E-state index contributed by atoms with van der Waals surface area (Å²) in [6.45, 7) is 3.45. The molecule has 7 nitrogen and oxygen atoms in total. The van der Waals surface area contributed by atoms with Crippen LogP contribution in [0.5, 0.6) is 5.75 Å². The van der Waals surface area contributed by atoms with E-state index < -0.39 is 18.0 Å². The number of hydrogen-bond donors (Lipinski definition) is 0. The maximum absolute atomic E-state index is 12.7. The summed E-state index contributed by atoms with van der Waals surface area (Å²) in [6, 6.07) is 6.65. The number of Topliss-reactive ketones (excluding diaryl/α,β-unsaturated/α-hetero) is 1. The van der Waals surface area contributed by atoms with Crippen LogP contribution in [-0.2, 0) is 23.8 Å². The average molecular weight is 344 g/mol. The minimum Gasteiger partial charge on any atom is -0.480 e. The topological polar surface area (TPSA) is 88.1 Å². The highest BCUT2D eigenvalue weighted by Gasteiger charge is 2.44. The van der Waals surface area contributed by atoms with Crippen LogP contribution < -0.4 is 4.74 Å². The molecule has 0 aromatic heterocycles. The van der Waals surface area contributed by atoms with Gasteiger partial charge in [-0.2, -0.15) is 0 Å². The third-order valence-electron chi connectivity index (χ3n) is 3.69. The summed E-state index contributed by atoms with van der Waals surface area (Å²) < 4.78 is 21.0. The van der Waals surface area contributed by atoms with Gasteiger partial charge in [-0.05, 0) is 26.0 Å². The molecular formula is C18H16O7. The number of rotatable bonds is 4. The number of para-hydroxylation sites is 1. The number of ether oxygens (including phenoxy) is 4. The molecule has 25 heavy (non-hydrogen) atoms. The molecule has 2 heterocycles. The average Bonchev–Trinajstić information content (AvgIpc) is 2.61. The second-order valence-electron chi connectivity index (χ2n) is 5.20. The maximum atomic E-state index is 12.7. The molecule has 1 aromatic rings. The van der Waals surface area contributed by atoms with Gasteiger partial charge >= 0.3 is 11.9 Å². The minimum atomic E-state index is -1.09. The smallest absolute Gasteiger partial charge is 0.374 e. The number of carbonyl (C=O) groups excluding carboxylic acids is 3. The zero-order chi connectivity index (χ0) is 18.0. The first-order valence-electron chi connectivity index (χ1n) is 7.84. The molecule has 7 heteroatoms. The van der Waals surface area contributed by atoms with Gasteiger partial charge < -0.3 is 18.9 Å². The zero-order valence-electron chi connectivity index (χ0n) is 13.7. The first kappa shape index (κ1) is 16.8. The Morgan fingerprint density at radius 2 is 1.76 bits per heavy atom. The van der Waals surface area contributed by atoms with Crippen molar-refractivity contribution in [2.24, 2.45) is 0 Å². The van der Waals surface area contributed by atoms with E-state index in [2.05, 4.69) is 0 Å². The first-order chi connectivity index (χ1) is 12.1. The van der Waals surface area contributed by atoms with Crippen molar-refractivity contribution in [3.63, 3.8) is 0 Å². The lowest BCUT2D eigenvalue weighted by molar-refractivity contribution is -0.145. The quantitative estimate of drug-likeness (QED) is 0.771. The summed E-state index contributed by atoms with van der Waals surface area (Å²) in [6.07, 6.45) is 0.0346. The van der Waals surface area contributed by atoms with E-state index in [-0.39, 0.29) is 35.9 Å². The summed E-state index contributed by atoms with van der Waals surface area (Å²) in [5.41, 5.74) is 0.298. The van der Waals surface area contributed by atoms with Crippen LogP contribution in [0.1, 0.15) is 24.2 Å².